The minimum absolute atomic E-state index is 0.320. The van der Waals surface area contributed by atoms with E-state index in [2.05, 4.69) is 15.2 Å². The molecule has 1 aliphatic rings. The monoisotopic (exact) mass is 294 g/mol. The number of hydrogen-bond donors (Lipinski definition) is 2. The summed E-state index contributed by atoms with van der Waals surface area (Å²) in [5.74, 6) is 0.0991. The number of morpholine rings is 1. The van der Waals surface area contributed by atoms with Gasteiger partial charge in [-0.1, -0.05) is 0 Å². The van der Waals surface area contributed by atoms with E-state index in [1.54, 1.807) is 13.0 Å². The highest BCUT2D eigenvalue weighted by Crippen LogP contribution is 2.16. The summed E-state index contributed by atoms with van der Waals surface area (Å²) in [5.41, 5.74) is 6.50. The number of pyridine rings is 1. The SMILES string of the molecule is CCOC(=O)c1cc(N)cnc1NCCN1CCOCC1. The highest BCUT2D eigenvalue weighted by molar-refractivity contribution is 5.95. The lowest BCUT2D eigenvalue weighted by molar-refractivity contribution is 0.0398. The molecule has 0 spiro atoms. The van der Waals surface area contributed by atoms with Gasteiger partial charge in [-0.05, 0) is 13.0 Å². The van der Waals surface area contributed by atoms with Crippen molar-refractivity contribution in [2.45, 2.75) is 6.92 Å². The van der Waals surface area contributed by atoms with E-state index < -0.39 is 5.97 Å². The lowest BCUT2D eigenvalue weighted by Crippen LogP contribution is -2.39. The lowest BCUT2D eigenvalue weighted by Gasteiger charge is -2.26. The highest BCUT2D eigenvalue weighted by Gasteiger charge is 2.15. The number of ether oxygens (including phenoxy) is 2. The lowest BCUT2D eigenvalue weighted by atomic mass is 10.2. The van der Waals surface area contributed by atoms with Crippen LogP contribution in [0, 0.1) is 0 Å². The molecule has 1 fully saturated rings. The summed E-state index contributed by atoms with van der Waals surface area (Å²) in [7, 11) is 0. The first-order valence-electron chi connectivity index (χ1n) is 7.17. The fourth-order valence-electron chi connectivity index (χ4n) is 2.14. The van der Waals surface area contributed by atoms with Crippen LogP contribution in [-0.2, 0) is 9.47 Å². The summed E-state index contributed by atoms with van der Waals surface area (Å²) in [6, 6.07) is 1.59. The Hall–Kier alpha value is -1.86. The van der Waals surface area contributed by atoms with Crippen molar-refractivity contribution >= 4 is 17.5 Å². The third kappa shape index (κ3) is 4.57. The maximum absolute atomic E-state index is 11.9. The maximum atomic E-state index is 11.9. The molecule has 3 N–H and O–H groups in total. The zero-order valence-electron chi connectivity index (χ0n) is 12.3. The predicted octanol–water partition coefficient (Wildman–Crippen LogP) is 0.585. The molecule has 0 aliphatic carbocycles. The summed E-state index contributed by atoms with van der Waals surface area (Å²) in [5, 5.41) is 3.18. The fraction of sp³-hybridized carbons (Fsp3) is 0.571. The number of nitrogens with one attached hydrogen (secondary N) is 1. The van der Waals surface area contributed by atoms with Crippen molar-refractivity contribution in [3.8, 4) is 0 Å². The molecule has 2 rings (SSSR count). The summed E-state index contributed by atoms with van der Waals surface area (Å²) >= 11 is 0. The van der Waals surface area contributed by atoms with Gasteiger partial charge in [-0.15, -0.1) is 0 Å². The first kappa shape index (κ1) is 15.5. The number of nitrogen functional groups attached to an aromatic ring is 1. The topological polar surface area (TPSA) is 89.7 Å². The molecule has 0 amide bonds. The van der Waals surface area contributed by atoms with E-state index in [1.165, 1.54) is 6.20 Å². The normalized spacial score (nSPS) is 15.7. The number of rotatable bonds is 6. The first-order valence-corrected chi connectivity index (χ1v) is 7.17. The van der Waals surface area contributed by atoms with Crippen molar-refractivity contribution < 1.29 is 14.3 Å². The Morgan fingerprint density at radius 2 is 2.29 bits per heavy atom. The van der Waals surface area contributed by atoms with Crippen LogP contribution in [0.15, 0.2) is 12.3 Å². The van der Waals surface area contributed by atoms with E-state index in [1.807, 2.05) is 0 Å². The van der Waals surface area contributed by atoms with E-state index in [0.29, 0.717) is 30.2 Å². The van der Waals surface area contributed by atoms with Gasteiger partial charge in [0.15, 0.2) is 0 Å². The average Bonchev–Trinajstić information content (AvgIpc) is 2.50. The van der Waals surface area contributed by atoms with Gasteiger partial charge < -0.3 is 20.5 Å². The van der Waals surface area contributed by atoms with Crippen LogP contribution in [0.1, 0.15) is 17.3 Å². The van der Waals surface area contributed by atoms with Crippen LogP contribution in [0.5, 0.6) is 0 Å². The third-order valence-corrected chi connectivity index (χ3v) is 3.23. The van der Waals surface area contributed by atoms with Gasteiger partial charge in [-0.25, -0.2) is 9.78 Å². The van der Waals surface area contributed by atoms with Crippen LogP contribution < -0.4 is 11.1 Å². The molecule has 7 heteroatoms. The van der Waals surface area contributed by atoms with E-state index >= 15 is 0 Å². The number of carbonyl (C=O) groups excluding carboxylic acids is 1. The Balaban J connectivity index is 1.93. The predicted molar refractivity (Wildman–Crippen MR) is 80.4 cm³/mol. The molecule has 7 nitrogen and oxygen atoms in total. The molecule has 21 heavy (non-hydrogen) atoms. The Bertz CT molecular complexity index is 475. The van der Waals surface area contributed by atoms with Gasteiger partial charge in [0.1, 0.15) is 11.4 Å². The smallest absolute Gasteiger partial charge is 0.341 e. The van der Waals surface area contributed by atoms with E-state index in [0.717, 1.165) is 32.8 Å². The Kier molecular flexibility index (Phi) is 5.77. The summed E-state index contributed by atoms with van der Waals surface area (Å²) in [6.07, 6.45) is 1.53. The number of nitrogens with zero attached hydrogens (tertiary/aromatic N) is 2. The van der Waals surface area contributed by atoms with Crippen molar-refractivity contribution in [3.63, 3.8) is 0 Å². The minimum Gasteiger partial charge on any atom is -0.462 e. The molecule has 1 aromatic heterocycles. The van der Waals surface area contributed by atoms with Crippen LogP contribution in [0.2, 0.25) is 0 Å². The summed E-state index contributed by atoms with van der Waals surface area (Å²) < 4.78 is 10.3. The second kappa shape index (κ2) is 7.80. The first-order chi connectivity index (χ1) is 10.2. The highest BCUT2D eigenvalue weighted by atomic mass is 16.5. The minimum atomic E-state index is -0.411. The van der Waals surface area contributed by atoms with Crippen LogP contribution in [0.25, 0.3) is 0 Å². The molecule has 0 atom stereocenters. The van der Waals surface area contributed by atoms with Crippen molar-refractivity contribution in [1.82, 2.24) is 9.88 Å². The molecule has 0 radical (unpaired) electrons. The molecule has 0 bridgehead atoms. The number of carbonyl (C=O) groups is 1. The second-order valence-electron chi connectivity index (χ2n) is 4.77. The van der Waals surface area contributed by atoms with Crippen LogP contribution in [0.4, 0.5) is 11.5 Å². The number of aromatic nitrogens is 1. The zero-order valence-corrected chi connectivity index (χ0v) is 12.3. The molecular weight excluding hydrogens is 272 g/mol. The summed E-state index contributed by atoms with van der Waals surface area (Å²) in [6.45, 7) is 7.07. The maximum Gasteiger partial charge on any atom is 0.341 e. The Morgan fingerprint density at radius 1 is 1.52 bits per heavy atom. The number of anilines is 2. The van der Waals surface area contributed by atoms with Crippen LogP contribution >= 0.6 is 0 Å². The fourth-order valence-corrected chi connectivity index (χ4v) is 2.14. The van der Waals surface area contributed by atoms with Gasteiger partial charge in [0.25, 0.3) is 0 Å². The van der Waals surface area contributed by atoms with Crippen molar-refractivity contribution in [3.05, 3.63) is 17.8 Å². The third-order valence-electron chi connectivity index (χ3n) is 3.23. The van der Waals surface area contributed by atoms with E-state index in [4.69, 9.17) is 15.2 Å². The average molecular weight is 294 g/mol. The van der Waals surface area contributed by atoms with Crippen molar-refractivity contribution in [2.24, 2.45) is 0 Å². The molecular formula is C14H22N4O3. The molecule has 116 valence electrons. The Morgan fingerprint density at radius 3 is 3.00 bits per heavy atom. The largest absolute Gasteiger partial charge is 0.462 e. The van der Waals surface area contributed by atoms with Gasteiger partial charge in [0.05, 0.1) is 31.7 Å². The zero-order chi connectivity index (χ0) is 15.1. The number of esters is 1. The molecule has 0 aromatic carbocycles. The Labute approximate surface area is 124 Å². The summed E-state index contributed by atoms with van der Waals surface area (Å²) in [4.78, 5) is 18.4. The van der Waals surface area contributed by atoms with Gasteiger partial charge in [0.2, 0.25) is 0 Å². The van der Waals surface area contributed by atoms with Crippen LogP contribution in [-0.4, -0.2) is 61.9 Å². The molecule has 0 unspecified atom stereocenters. The molecule has 0 saturated carbocycles. The van der Waals surface area contributed by atoms with E-state index in [-0.39, 0.29) is 0 Å². The van der Waals surface area contributed by atoms with Gasteiger partial charge >= 0.3 is 5.97 Å². The molecule has 1 aromatic rings. The van der Waals surface area contributed by atoms with Crippen LogP contribution in [0.3, 0.4) is 0 Å². The second-order valence-corrected chi connectivity index (χ2v) is 4.77. The van der Waals surface area contributed by atoms with Gasteiger partial charge in [-0.3, -0.25) is 4.90 Å². The van der Waals surface area contributed by atoms with E-state index in [9.17, 15) is 4.79 Å². The molecule has 1 saturated heterocycles. The van der Waals surface area contributed by atoms with Gasteiger partial charge in [0, 0.05) is 26.2 Å². The van der Waals surface area contributed by atoms with Crippen molar-refractivity contribution in [2.75, 3.05) is 57.1 Å². The van der Waals surface area contributed by atoms with Gasteiger partial charge in [-0.2, -0.15) is 0 Å². The number of hydrogen-bond acceptors (Lipinski definition) is 7. The molecule has 1 aliphatic heterocycles. The quantitative estimate of drug-likeness (QED) is 0.742. The van der Waals surface area contributed by atoms with Crippen molar-refractivity contribution in [1.29, 1.82) is 0 Å². The number of nitrogens with two attached hydrogens (primary N) is 1. The standard InChI is InChI=1S/C14H22N4O3/c1-2-21-14(19)12-9-11(15)10-17-13(12)16-3-4-18-5-7-20-8-6-18/h9-10H,2-8,15H2,1H3,(H,16,17). The molecule has 2 heterocycles.